The first-order valence-corrected chi connectivity index (χ1v) is 6.72. The third kappa shape index (κ3) is 3.07. The number of hydrogen-bond acceptors (Lipinski definition) is 4. The van der Waals surface area contributed by atoms with E-state index in [0.29, 0.717) is 13.1 Å². The van der Waals surface area contributed by atoms with Gasteiger partial charge in [0.1, 0.15) is 11.7 Å². The van der Waals surface area contributed by atoms with E-state index >= 15 is 0 Å². The fourth-order valence-corrected chi connectivity index (χ4v) is 2.54. The Hall–Kier alpha value is -2.30. The van der Waals surface area contributed by atoms with Crippen molar-refractivity contribution in [2.75, 3.05) is 20.8 Å². The minimum atomic E-state index is -0.772. The summed E-state index contributed by atoms with van der Waals surface area (Å²) in [5, 5.41) is 0. The molecule has 5 heteroatoms. The Balaban J connectivity index is 2.11. The number of benzene rings is 1. The van der Waals surface area contributed by atoms with Crippen molar-refractivity contribution in [3.05, 3.63) is 42.5 Å². The summed E-state index contributed by atoms with van der Waals surface area (Å²) in [4.78, 5) is 25.8. The number of carbonyl (C=O) groups is 2. The second-order valence-electron chi connectivity index (χ2n) is 4.97. The van der Waals surface area contributed by atoms with Crippen LogP contribution in [0.4, 0.5) is 0 Å². The normalized spacial score (nSPS) is 21.2. The van der Waals surface area contributed by atoms with E-state index in [1.807, 2.05) is 24.3 Å². The molecule has 5 nitrogen and oxygen atoms in total. The van der Waals surface area contributed by atoms with Crippen molar-refractivity contribution in [3.8, 4) is 5.75 Å². The van der Waals surface area contributed by atoms with Crippen molar-refractivity contribution in [1.29, 1.82) is 0 Å². The van der Waals surface area contributed by atoms with Gasteiger partial charge < -0.3 is 14.4 Å². The Morgan fingerprint density at radius 3 is 2.57 bits per heavy atom. The highest BCUT2D eigenvalue weighted by atomic mass is 16.5. The molecule has 0 saturated carbocycles. The summed E-state index contributed by atoms with van der Waals surface area (Å²) in [6, 6.07) is 7.50. The van der Waals surface area contributed by atoms with Crippen LogP contribution in [0.25, 0.3) is 0 Å². The number of hydrogen-bond donors (Lipinski definition) is 0. The zero-order chi connectivity index (χ0) is 15.4. The van der Waals surface area contributed by atoms with Crippen molar-refractivity contribution in [2.24, 2.45) is 11.8 Å². The number of nitrogens with zero attached hydrogens (tertiary/aromatic N) is 1. The smallest absolute Gasteiger partial charge is 0.318 e. The van der Waals surface area contributed by atoms with Crippen molar-refractivity contribution in [3.63, 3.8) is 0 Å². The van der Waals surface area contributed by atoms with E-state index in [1.54, 1.807) is 18.1 Å². The maximum absolute atomic E-state index is 12.4. The second kappa shape index (κ2) is 6.43. The van der Waals surface area contributed by atoms with Gasteiger partial charge in [-0.15, -0.1) is 6.58 Å². The highest BCUT2D eigenvalue weighted by molar-refractivity contribution is 6.00. The van der Waals surface area contributed by atoms with E-state index in [1.165, 1.54) is 7.11 Å². The summed E-state index contributed by atoms with van der Waals surface area (Å²) in [6.45, 7) is 4.64. The molecule has 21 heavy (non-hydrogen) atoms. The molecule has 0 N–H and O–H groups in total. The molecule has 112 valence electrons. The topological polar surface area (TPSA) is 55.8 Å². The average molecular weight is 289 g/mol. The zero-order valence-electron chi connectivity index (χ0n) is 12.2. The van der Waals surface area contributed by atoms with Crippen LogP contribution in [-0.2, 0) is 20.9 Å². The van der Waals surface area contributed by atoms with Crippen LogP contribution in [0, 0.1) is 11.8 Å². The number of amides is 1. The number of methoxy groups -OCH3 is 2. The number of carbonyl (C=O) groups excluding carboxylic acids is 2. The Bertz CT molecular complexity index is 538. The molecule has 1 amide bonds. The van der Waals surface area contributed by atoms with Gasteiger partial charge in [0.2, 0.25) is 5.91 Å². The molecule has 1 fully saturated rings. The lowest BCUT2D eigenvalue weighted by Gasteiger charge is -2.16. The summed E-state index contributed by atoms with van der Waals surface area (Å²) in [7, 11) is 2.90. The summed E-state index contributed by atoms with van der Waals surface area (Å²) in [6.07, 6.45) is 1.65. The molecule has 1 aliphatic rings. The molecule has 0 aliphatic carbocycles. The fraction of sp³-hybridized carbons (Fsp3) is 0.375. The molecule has 1 saturated heterocycles. The van der Waals surface area contributed by atoms with Crippen LogP contribution in [0.3, 0.4) is 0 Å². The lowest BCUT2D eigenvalue weighted by Crippen LogP contribution is -2.31. The fourth-order valence-electron chi connectivity index (χ4n) is 2.54. The van der Waals surface area contributed by atoms with Crippen LogP contribution < -0.4 is 4.74 Å². The number of likely N-dealkylation sites (tertiary alicyclic amines) is 1. The van der Waals surface area contributed by atoms with Gasteiger partial charge in [0.25, 0.3) is 0 Å². The highest BCUT2D eigenvalue weighted by Gasteiger charge is 2.44. The lowest BCUT2D eigenvalue weighted by molar-refractivity contribution is -0.151. The molecule has 1 aromatic rings. The molecule has 2 rings (SSSR count). The summed E-state index contributed by atoms with van der Waals surface area (Å²) >= 11 is 0. The van der Waals surface area contributed by atoms with Gasteiger partial charge in [-0.1, -0.05) is 18.2 Å². The van der Waals surface area contributed by atoms with Gasteiger partial charge in [-0.25, -0.2) is 0 Å². The molecule has 2 unspecified atom stereocenters. The zero-order valence-corrected chi connectivity index (χ0v) is 12.2. The van der Waals surface area contributed by atoms with Crippen LogP contribution in [0.2, 0.25) is 0 Å². The van der Waals surface area contributed by atoms with Gasteiger partial charge in [-0.3, -0.25) is 9.59 Å². The minimum absolute atomic E-state index is 0.205. The van der Waals surface area contributed by atoms with Crippen molar-refractivity contribution in [2.45, 2.75) is 6.54 Å². The Labute approximate surface area is 124 Å². The van der Waals surface area contributed by atoms with Gasteiger partial charge in [-0.2, -0.15) is 0 Å². The lowest BCUT2D eigenvalue weighted by atomic mass is 9.96. The van der Waals surface area contributed by atoms with Crippen molar-refractivity contribution in [1.82, 2.24) is 4.90 Å². The van der Waals surface area contributed by atoms with E-state index in [4.69, 9.17) is 9.47 Å². The van der Waals surface area contributed by atoms with Gasteiger partial charge in [0, 0.05) is 19.0 Å². The SMILES string of the molecule is C=CC1CN(Cc2ccc(OC)cc2)C(=O)C1C(=O)OC. The molecular weight excluding hydrogens is 270 g/mol. The molecule has 0 radical (unpaired) electrons. The number of rotatable bonds is 5. The first kappa shape index (κ1) is 15.1. The highest BCUT2D eigenvalue weighted by Crippen LogP contribution is 2.28. The van der Waals surface area contributed by atoms with Crippen molar-refractivity contribution < 1.29 is 19.1 Å². The maximum atomic E-state index is 12.4. The van der Waals surface area contributed by atoms with E-state index < -0.39 is 11.9 Å². The monoisotopic (exact) mass is 289 g/mol. The number of ether oxygens (including phenoxy) is 2. The van der Waals surface area contributed by atoms with Crippen LogP contribution in [0.1, 0.15) is 5.56 Å². The largest absolute Gasteiger partial charge is 0.497 e. The molecule has 1 heterocycles. The van der Waals surface area contributed by atoms with E-state index in [-0.39, 0.29) is 11.8 Å². The Morgan fingerprint density at radius 2 is 2.05 bits per heavy atom. The summed E-state index contributed by atoms with van der Waals surface area (Å²) in [5.41, 5.74) is 0.984. The molecular formula is C16H19NO4. The van der Waals surface area contributed by atoms with Gasteiger partial charge >= 0.3 is 5.97 Å². The van der Waals surface area contributed by atoms with Gasteiger partial charge in [0.15, 0.2) is 0 Å². The van der Waals surface area contributed by atoms with Crippen LogP contribution in [-0.4, -0.2) is 37.5 Å². The molecule has 1 aromatic carbocycles. The van der Waals surface area contributed by atoms with E-state index in [2.05, 4.69) is 6.58 Å². The average Bonchev–Trinajstić information content (AvgIpc) is 2.83. The summed E-state index contributed by atoms with van der Waals surface area (Å²) in [5.74, 6) is -0.915. The van der Waals surface area contributed by atoms with Crippen LogP contribution >= 0.6 is 0 Å². The Kier molecular flexibility index (Phi) is 4.62. The maximum Gasteiger partial charge on any atom is 0.318 e. The second-order valence-corrected chi connectivity index (χ2v) is 4.97. The predicted octanol–water partition coefficient (Wildman–Crippen LogP) is 1.63. The molecule has 0 bridgehead atoms. The molecule has 2 atom stereocenters. The molecule has 0 aromatic heterocycles. The Morgan fingerprint density at radius 1 is 1.38 bits per heavy atom. The first-order valence-electron chi connectivity index (χ1n) is 6.72. The van der Waals surface area contributed by atoms with Crippen LogP contribution in [0.5, 0.6) is 5.75 Å². The summed E-state index contributed by atoms with van der Waals surface area (Å²) < 4.78 is 9.82. The molecule has 1 aliphatic heterocycles. The van der Waals surface area contributed by atoms with E-state index in [9.17, 15) is 9.59 Å². The molecule has 0 spiro atoms. The van der Waals surface area contributed by atoms with Crippen LogP contribution in [0.15, 0.2) is 36.9 Å². The van der Waals surface area contributed by atoms with Gasteiger partial charge in [0.05, 0.1) is 14.2 Å². The van der Waals surface area contributed by atoms with Gasteiger partial charge in [-0.05, 0) is 17.7 Å². The minimum Gasteiger partial charge on any atom is -0.497 e. The third-order valence-corrected chi connectivity index (χ3v) is 3.73. The quantitative estimate of drug-likeness (QED) is 0.469. The number of esters is 1. The third-order valence-electron chi connectivity index (χ3n) is 3.73. The van der Waals surface area contributed by atoms with Crippen molar-refractivity contribution >= 4 is 11.9 Å². The standard InChI is InChI=1S/C16H19NO4/c1-4-12-10-17(15(18)14(12)16(19)21-3)9-11-5-7-13(20-2)8-6-11/h4-8,12,14H,1,9-10H2,2-3H3. The predicted molar refractivity (Wildman–Crippen MR) is 77.6 cm³/mol. The van der Waals surface area contributed by atoms with E-state index in [0.717, 1.165) is 11.3 Å². The first-order chi connectivity index (χ1) is 10.1.